The van der Waals surface area contributed by atoms with E-state index in [2.05, 4.69) is 10.3 Å². The van der Waals surface area contributed by atoms with Crippen molar-refractivity contribution < 1.29 is 5.11 Å². The second-order valence-electron chi connectivity index (χ2n) is 3.82. The molecule has 0 aliphatic heterocycles. The Labute approximate surface area is 100 Å². The van der Waals surface area contributed by atoms with Crippen LogP contribution in [0.15, 0.2) is 42.6 Å². The first kappa shape index (κ1) is 11.3. The predicted octanol–water partition coefficient (Wildman–Crippen LogP) is 2.02. The molecular weight excluding hydrogens is 214 g/mol. The lowest BCUT2D eigenvalue weighted by Crippen LogP contribution is -2.06. The van der Waals surface area contributed by atoms with E-state index in [-0.39, 0.29) is 0 Å². The van der Waals surface area contributed by atoms with Crippen LogP contribution in [0.5, 0.6) is 5.75 Å². The zero-order valence-electron chi connectivity index (χ0n) is 9.43. The van der Waals surface area contributed by atoms with Crippen LogP contribution in [0.25, 0.3) is 0 Å². The molecule has 0 unspecified atom stereocenters. The van der Waals surface area contributed by atoms with E-state index >= 15 is 0 Å². The summed E-state index contributed by atoms with van der Waals surface area (Å²) < 4.78 is 0. The van der Waals surface area contributed by atoms with Crippen molar-refractivity contribution in [3.63, 3.8) is 0 Å². The molecule has 0 radical (unpaired) electrons. The third-order valence-electron chi connectivity index (χ3n) is 2.44. The SMILES string of the molecule is Nc1ccnc(NCCc2ccc(O)cc2)c1. The van der Waals surface area contributed by atoms with Crippen molar-refractivity contribution in [2.45, 2.75) is 6.42 Å². The first-order valence-electron chi connectivity index (χ1n) is 5.47. The number of pyridine rings is 1. The normalized spacial score (nSPS) is 10.1. The van der Waals surface area contributed by atoms with Gasteiger partial charge in [0.15, 0.2) is 0 Å². The zero-order chi connectivity index (χ0) is 12.1. The summed E-state index contributed by atoms with van der Waals surface area (Å²) in [4.78, 5) is 4.15. The number of rotatable bonds is 4. The van der Waals surface area contributed by atoms with Gasteiger partial charge in [-0.2, -0.15) is 0 Å². The molecule has 0 aliphatic rings. The summed E-state index contributed by atoms with van der Waals surface area (Å²) in [6, 6.07) is 10.7. The van der Waals surface area contributed by atoms with E-state index in [1.165, 1.54) is 5.56 Å². The van der Waals surface area contributed by atoms with E-state index in [4.69, 9.17) is 10.8 Å². The van der Waals surface area contributed by atoms with E-state index in [9.17, 15) is 0 Å². The van der Waals surface area contributed by atoms with Crippen LogP contribution in [0.3, 0.4) is 0 Å². The van der Waals surface area contributed by atoms with Crippen LogP contribution in [0.4, 0.5) is 11.5 Å². The number of nitrogens with zero attached hydrogens (tertiary/aromatic N) is 1. The second-order valence-corrected chi connectivity index (χ2v) is 3.82. The van der Waals surface area contributed by atoms with Crippen LogP contribution in [0.1, 0.15) is 5.56 Å². The van der Waals surface area contributed by atoms with Crippen molar-refractivity contribution in [3.8, 4) is 5.75 Å². The Morgan fingerprint density at radius 2 is 1.94 bits per heavy atom. The topological polar surface area (TPSA) is 71.2 Å². The van der Waals surface area contributed by atoms with E-state index in [0.717, 1.165) is 18.8 Å². The van der Waals surface area contributed by atoms with E-state index in [0.29, 0.717) is 11.4 Å². The Morgan fingerprint density at radius 1 is 1.18 bits per heavy atom. The Kier molecular flexibility index (Phi) is 3.45. The molecule has 1 heterocycles. The van der Waals surface area contributed by atoms with Crippen LogP contribution in [0.2, 0.25) is 0 Å². The van der Waals surface area contributed by atoms with Crippen molar-refractivity contribution in [2.75, 3.05) is 17.6 Å². The van der Waals surface area contributed by atoms with Gasteiger partial charge in [0.2, 0.25) is 0 Å². The molecule has 2 rings (SSSR count). The van der Waals surface area contributed by atoms with Gasteiger partial charge in [-0.15, -0.1) is 0 Å². The summed E-state index contributed by atoms with van der Waals surface area (Å²) >= 11 is 0. The summed E-state index contributed by atoms with van der Waals surface area (Å²) in [5.41, 5.74) is 7.52. The molecule has 1 aromatic heterocycles. The lowest BCUT2D eigenvalue weighted by molar-refractivity contribution is 0.475. The van der Waals surface area contributed by atoms with Gasteiger partial charge >= 0.3 is 0 Å². The van der Waals surface area contributed by atoms with E-state index in [1.807, 2.05) is 12.1 Å². The van der Waals surface area contributed by atoms with Gasteiger partial charge in [0.05, 0.1) is 0 Å². The fraction of sp³-hybridized carbons (Fsp3) is 0.154. The van der Waals surface area contributed by atoms with Gasteiger partial charge in [-0.05, 0) is 30.2 Å². The highest BCUT2D eigenvalue weighted by molar-refractivity contribution is 5.48. The summed E-state index contributed by atoms with van der Waals surface area (Å²) in [5, 5.41) is 12.3. The van der Waals surface area contributed by atoms with Crippen molar-refractivity contribution in [1.82, 2.24) is 4.98 Å². The lowest BCUT2D eigenvalue weighted by atomic mass is 10.1. The number of nitrogens with one attached hydrogen (secondary N) is 1. The molecule has 2 aromatic rings. The first-order chi connectivity index (χ1) is 8.24. The highest BCUT2D eigenvalue weighted by Crippen LogP contribution is 2.11. The van der Waals surface area contributed by atoms with Gasteiger partial charge < -0.3 is 16.2 Å². The number of phenolic OH excluding ortho intramolecular Hbond substituents is 1. The van der Waals surface area contributed by atoms with Crippen LogP contribution in [-0.2, 0) is 6.42 Å². The smallest absolute Gasteiger partial charge is 0.127 e. The molecule has 0 amide bonds. The number of aromatic hydroxyl groups is 1. The van der Waals surface area contributed by atoms with Gasteiger partial charge in [-0.25, -0.2) is 4.98 Å². The largest absolute Gasteiger partial charge is 0.508 e. The molecule has 4 heteroatoms. The molecule has 1 aromatic carbocycles. The summed E-state index contributed by atoms with van der Waals surface area (Å²) in [5.74, 6) is 1.07. The number of hydrogen-bond acceptors (Lipinski definition) is 4. The molecular formula is C13H15N3O. The summed E-state index contributed by atoms with van der Waals surface area (Å²) in [6.07, 6.45) is 2.55. The molecule has 17 heavy (non-hydrogen) atoms. The first-order valence-corrected chi connectivity index (χ1v) is 5.47. The number of anilines is 2. The molecule has 0 bridgehead atoms. The van der Waals surface area contributed by atoms with E-state index < -0.39 is 0 Å². The number of aromatic nitrogens is 1. The highest BCUT2D eigenvalue weighted by Gasteiger charge is 1.96. The molecule has 4 nitrogen and oxygen atoms in total. The van der Waals surface area contributed by atoms with Gasteiger partial charge in [-0.1, -0.05) is 12.1 Å². The standard InChI is InChI=1S/C13H15N3O/c14-11-6-8-16-13(9-11)15-7-5-10-1-3-12(17)4-2-10/h1-4,6,8-9,17H,5,7H2,(H3,14,15,16). The Morgan fingerprint density at radius 3 is 2.65 bits per heavy atom. The number of nitrogens with two attached hydrogens (primary N) is 1. The number of hydrogen-bond donors (Lipinski definition) is 3. The zero-order valence-corrected chi connectivity index (χ0v) is 9.43. The molecule has 0 spiro atoms. The Hall–Kier alpha value is -2.23. The second kappa shape index (κ2) is 5.21. The third-order valence-corrected chi connectivity index (χ3v) is 2.44. The van der Waals surface area contributed by atoms with Crippen molar-refractivity contribution >= 4 is 11.5 Å². The van der Waals surface area contributed by atoms with Crippen LogP contribution < -0.4 is 11.1 Å². The minimum Gasteiger partial charge on any atom is -0.508 e. The van der Waals surface area contributed by atoms with E-state index in [1.54, 1.807) is 30.5 Å². The Balaban J connectivity index is 1.85. The summed E-state index contributed by atoms with van der Waals surface area (Å²) in [7, 11) is 0. The molecule has 0 fully saturated rings. The monoisotopic (exact) mass is 229 g/mol. The van der Waals surface area contributed by atoms with Crippen LogP contribution in [-0.4, -0.2) is 16.6 Å². The predicted molar refractivity (Wildman–Crippen MR) is 68.9 cm³/mol. The maximum Gasteiger partial charge on any atom is 0.127 e. The number of phenols is 1. The van der Waals surface area contributed by atoms with Gasteiger partial charge in [-0.3, -0.25) is 0 Å². The van der Waals surface area contributed by atoms with Crippen molar-refractivity contribution in [3.05, 3.63) is 48.2 Å². The quantitative estimate of drug-likeness (QED) is 0.750. The molecule has 0 saturated heterocycles. The maximum atomic E-state index is 9.15. The average molecular weight is 229 g/mol. The number of benzene rings is 1. The molecule has 0 saturated carbocycles. The van der Waals surface area contributed by atoms with Crippen molar-refractivity contribution in [2.24, 2.45) is 0 Å². The lowest BCUT2D eigenvalue weighted by Gasteiger charge is -2.06. The minimum atomic E-state index is 0.291. The van der Waals surface area contributed by atoms with Crippen LogP contribution >= 0.6 is 0 Å². The fourth-order valence-electron chi connectivity index (χ4n) is 1.54. The average Bonchev–Trinajstić information content (AvgIpc) is 2.32. The molecule has 0 aliphatic carbocycles. The molecule has 0 atom stereocenters. The van der Waals surface area contributed by atoms with Crippen molar-refractivity contribution in [1.29, 1.82) is 0 Å². The maximum absolute atomic E-state index is 9.15. The van der Waals surface area contributed by atoms with Crippen LogP contribution in [0, 0.1) is 0 Å². The van der Waals surface area contributed by atoms with Gasteiger partial charge in [0.25, 0.3) is 0 Å². The van der Waals surface area contributed by atoms with Gasteiger partial charge in [0.1, 0.15) is 11.6 Å². The summed E-state index contributed by atoms with van der Waals surface area (Å²) in [6.45, 7) is 0.779. The highest BCUT2D eigenvalue weighted by atomic mass is 16.3. The minimum absolute atomic E-state index is 0.291. The molecule has 4 N–H and O–H groups in total. The Bertz CT molecular complexity index is 482. The third kappa shape index (κ3) is 3.38. The van der Waals surface area contributed by atoms with Gasteiger partial charge in [0, 0.05) is 24.5 Å². The number of nitrogen functional groups attached to an aromatic ring is 1. The fourth-order valence-corrected chi connectivity index (χ4v) is 1.54. The molecule has 88 valence electrons.